The first-order chi connectivity index (χ1) is 31.9. The van der Waals surface area contributed by atoms with Gasteiger partial charge < -0.3 is 34.0 Å². The Balaban J connectivity index is 1.33. The van der Waals surface area contributed by atoms with E-state index >= 15 is 0 Å². The molecule has 3 aliphatic rings. The number of aliphatic hydroxyl groups excluding tert-OH is 2. The second kappa shape index (κ2) is 21.4. The van der Waals surface area contributed by atoms with E-state index < -0.39 is 23.8 Å². The summed E-state index contributed by atoms with van der Waals surface area (Å²) in [5.74, 6) is 0.0305. The Labute approximate surface area is 382 Å². The van der Waals surface area contributed by atoms with Crippen LogP contribution in [-0.4, -0.2) is 71.8 Å². The average molecular weight is 879 g/mol. The van der Waals surface area contributed by atoms with Crippen LogP contribution in [0.4, 0.5) is 4.79 Å². The van der Waals surface area contributed by atoms with Crippen molar-refractivity contribution in [1.82, 2.24) is 4.90 Å². The highest BCUT2D eigenvalue weighted by atomic mass is 16.7. The van der Waals surface area contributed by atoms with Crippen LogP contribution in [-0.2, 0) is 20.9 Å². The lowest BCUT2D eigenvalue weighted by atomic mass is 9.55. The molecule has 0 unspecified atom stereocenters. The number of amides is 1. The fourth-order valence-corrected chi connectivity index (χ4v) is 10.4. The van der Waals surface area contributed by atoms with Gasteiger partial charge in [0.05, 0.1) is 31.4 Å². The van der Waals surface area contributed by atoms with E-state index in [4.69, 9.17) is 28.9 Å². The third-order valence-electron chi connectivity index (χ3n) is 13.3. The average Bonchev–Trinajstić information content (AvgIpc) is 3.33. The van der Waals surface area contributed by atoms with Gasteiger partial charge >= 0.3 is 6.09 Å². The highest BCUT2D eigenvalue weighted by Crippen LogP contribution is 2.62. The Morgan fingerprint density at radius 2 is 1.60 bits per heavy atom. The molecule has 1 aliphatic heterocycles. The molecule has 340 valence electrons. The van der Waals surface area contributed by atoms with Gasteiger partial charge in [-0.15, -0.1) is 13.2 Å². The van der Waals surface area contributed by atoms with Crippen LogP contribution in [0.2, 0.25) is 0 Å². The Kier molecular flexibility index (Phi) is 15.0. The molecule has 10 heteroatoms. The first kappa shape index (κ1) is 45.6. The molecule has 6 atom stereocenters. The number of carbonyl (C=O) groups excluding carboxylic acids is 1. The molecule has 1 heterocycles. The molecular formula is C55H62N2O8. The number of fused-ring (bicyclic) bond motifs is 4. The number of aliphatic hydroxyl groups is 2. The van der Waals surface area contributed by atoms with E-state index in [1.165, 1.54) is 0 Å². The van der Waals surface area contributed by atoms with E-state index in [2.05, 4.69) is 73.8 Å². The van der Waals surface area contributed by atoms with Gasteiger partial charge in [-0.3, -0.25) is 4.90 Å². The van der Waals surface area contributed by atoms with Crippen molar-refractivity contribution in [3.05, 3.63) is 151 Å². The summed E-state index contributed by atoms with van der Waals surface area (Å²) in [5, 5.41) is 29.2. The fraction of sp³-hybridized carbons (Fsp3) is 0.382. The standard InChI is InChI=1S/C55H62N2O8/c1-4-7-32-61-54(60)57(37-42-22-16-21-39-18-10-11-23-45(39)42)51-36-49(56-63-6-3)47-34-41(20-12-14-29-58)46(24-13-15-30-59)52-48-35-44(64-43-26-25-38-17-8-9-19-40(38)33-43)27-28-50(48)65-55(51,53(47)52)62-31-5-2/h4-5,8-11,16-19,21-23,25-28,33-35,41,46,51-53,58-59H,1-2,6-7,12-15,20,24,29-32,36-37H2,3H3/t41-,46+,51-,52+,53+,55+/m0/s1. The minimum Gasteiger partial charge on any atom is -0.459 e. The maximum atomic E-state index is 14.9. The van der Waals surface area contributed by atoms with Crippen molar-refractivity contribution in [2.45, 2.75) is 82.6 Å². The van der Waals surface area contributed by atoms with Crippen molar-refractivity contribution in [2.75, 3.05) is 33.0 Å². The van der Waals surface area contributed by atoms with Crippen LogP contribution in [0.1, 0.15) is 75.3 Å². The predicted octanol–water partition coefficient (Wildman–Crippen LogP) is 11.7. The summed E-state index contributed by atoms with van der Waals surface area (Å²) in [6, 6.07) is 33.9. The number of hydrogen-bond donors (Lipinski definition) is 2. The minimum atomic E-state index is -1.45. The first-order valence-corrected chi connectivity index (χ1v) is 23.3. The van der Waals surface area contributed by atoms with Gasteiger partial charge in [0, 0.05) is 31.1 Å². The van der Waals surface area contributed by atoms with Crippen LogP contribution in [0.15, 0.2) is 145 Å². The number of oxime groups is 1. The Morgan fingerprint density at radius 3 is 2.38 bits per heavy atom. The minimum absolute atomic E-state index is 0.0532. The van der Waals surface area contributed by atoms with Crippen LogP contribution in [0.3, 0.4) is 0 Å². The van der Waals surface area contributed by atoms with Gasteiger partial charge in [0.2, 0.25) is 5.79 Å². The molecule has 2 N–H and O–H groups in total. The number of nitrogens with zero attached hydrogens (tertiary/aromatic N) is 2. The lowest BCUT2D eigenvalue weighted by Crippen LogP contribution is -2.70. The lowest BCUT2D eigenvalue weighted by Gasteiger charge is -2.59. The van der Waals surface area contributed by atoms with E-state index in [1.807, 2.05) is 55.5 Å². The molecule has 1 amide bonds. The van der Waals surface area contributed by atoms with E-state index in [9.17, 15) is 15.0 Å². The molecule has 8 rings (SSSR count). The highest BCUT2D eigenvalue weighted by molar-refractivity contribution is 6.03. The van der Waals surface area contributed by atoms with Crippen molar-refractivity contribution in [2.24, 2.45) is 22.9 Å². The zero-order valence-electron chi connectivity index (χ0n) is 37.5. The SMILES string of the molecule is C=CCCOC(=O)N(Cc1cccc2ccccc12)[C@H]1CC(=NOCC)C2=C[C@H](CCCCO)[C@@H](CCCCO)[C@@H]3c4cc(Oc5ccc6ccccc6c5)ccc4O[C@@]1(OCC=C)[C@H]23. The molecule has 1 fully saturated rings. The van der Waals surface area contributed by atoms with Crippen LogP contribution < -0.4 is 9.47 Å². The molecule has 5 aromatic carbocycles. The number of unbranched alkanes of at least 4 members (excludes halogenated alkanes) is 2. The maximum Gasteiger partial charge on any atom is 0.410 e. The van der Waals surface area contributed by atoms with Gasteiger partial charge in [-0.1, -0.05) is 109 Å². The highest BCUT2D eigenvalue weighted by Gasteiger charge is 2.65. The number of carbonyl (C=O) groups is 1. The molecule has 2 aliphatic carbocycles. The van der Waals surface area contributed by atoms with Crippen LogP contribution >= 0.6 is 0 Å². The van der Waals surface area contributed by atoms with E-state index in [-0.39, 0.29) is 57.1 Å². The number of hydrogen-bond acceptors (Lipinski definition) is 9. The molecule has 10 nitrogen and oxygen atoms in total. The van der Waals surface area contributed by atoms with Crippen LogP contribution in [0.25, 0.3) is 21.5 Å². The second-order valence-corrected chi connectivity index (χ2v) is 17.3. The molecule has 5 aromatic rings. The van der Waals surface area contributed by atoms with Gasteiger partial charge in [0.1, 0.15) is 29.9 Å². The zero-order valence-corrected chi connectivity index (χ0v) is 37.5. The number of benzene rings is 5. The van der Waals surface area contributed by atoms with Gasteiger partial charge in [-0.2, -0.15) is 0 Å². The van der Waals surface area contributed by atoms with Gasteiger partial charge in [-0.05, 0) is 114 Å². The monoisotopic (exact) mass is 878 g/mol. The lowest BCUT2D eigenvalue weighted by molar-refractivity contribution is -0.256. The third-order valence-corrected chi connectivity index (χ3v) is 13.3. The van der Waals surface area contributed by atoms with Crippen LogP contribution in [0.5, 0.6) is 17.2 Å². The molecule has 0 radical (unpaired) electrons. The normalized spacial score (nSPS) is 22.6. The fourth-order valence-electron chi connectivity index (χ4n) is 10.4. The van der Waals surface area contributed by atoms with Crippen molar-refractivity contribution in [1.29, 1.82) is 0 Å². The number of rotatable bonds is 21. The van der Waals surface area contributed by atoms with Crippen molar-refractivity contribution < 1.29 is 38.8 Å². The second-order valence-electron chi connectivity index (χ2n) is 17.3. The number of allylic oxidation sites excluding steroid dienone is 1. The quantitative estimate of drug-likeness (QED) is 0.0425. The summed E-state index contributed by atoms with van der Waals surface area (Å²) in [6.45, 7) is 10.9. The molecule has 65 heavy (non-hydrogen) atoms. The molecule has 0 aromatic heterocycles. The zero-order chi connectivity index (χ0) is 45.2. The van der Waals surface area contributed by atoms with Gasteiger partial charge in [0.15, 0.2) is 0 Å². The Hall–Kier alpha value is -5.94. The Bertz CT molecular complexity index is 2510. The summed E-state index contributed by atoms with van der Waals surface area (Å²) in [7, 11) is 0. The summed E-state index contributed by atoms with van der Waals surface area (Å²) < 4.78 is 27.4. The summed E-state index contributed by atoms with van der Waals surface area (Å²) in [6.07, 6.45) is 10.7. The van der Waals surface area contributed by atoms with Crippen LogP contribution in [0, 0.1) is 17.8 Å². The topological polar surface area (TPSA) is 119 Å². The molecule has 0 bridgehead atoms. The van der Waals surface area contributed by atoms with E-state index in [1.54, 1.807) is 17.1 Å². The molecular weight excluding hydrogens is 817 g/mol. The van der Waals surface area contributed by atoms with E-state index in [0.29, 0.717) is 37.4 Å². The Morgan fingerprint density at radius 1 is 0.862 bits per heavy atom. The number of ether oxygens (including phenoxy) is 4. The first-order valence-electron chi connectivity index (χ1n) is 23.3. The maximum absolute atomic E-state index is 14.9. The van der Waals surface area contributed by atoms with Gasteiger partial charge in [-0.25, -0.2) is 4.79 Å². The molecule has 0 spiro atoms. The van der Waals surface area contributed by atoms with E-state index in [0.717, 1.165) is 75.4 Å². The van der Waals surface area contributed by atoms with Crippen molar-refractivity contribution >= 4 is 33.3 Å². The predicted molar refractivity (Wildman–Crippen MR) is 256 cm³/mol. The molecule has 0 saturated heterocycles. The summed E-state index contributed by atoms with van der Waals surface area (Å²) >= 11 is 0. The van der Waals surface area contributed by atoms with Gasteiger partial charge in [0.25, 0.3) is 0 Å². The molecule has 1 saturated carbocycles. The van der Waals surface area contributed by atoms with Crippen molar-refractivity contribution in [3.8, 4) is 17.2 Å². The smallest absolute Gasteiger partial charge is 0.410 e. The summed E-state index contributed by atoms with van der Waals surface area (Å²) in [5.41, 5.74) is 3.62. The summed E-state index contributed by atoms with van der Waals surface area (Å²) in [4.78, 5) is 22.6. The third kappa shape index (κ3) is 9.71. The van der Waals surface area contributed by atoms with Crippen molar-refractivity contribution in [3.63, 3.8) is 0 Å². The largest absolute Gasteiger partial charge is 0.459 e.